The molecular formula is C18H15F3N2O. The van der Waals surface area contributed by atoms with Gasteiger partial charge >= 0.3 is 0 Å². The molecule has 0 amide bonds. The molecule has 1 aromatic heterocycles. The molecule has 0 aliphatic heterocycles. The quantitative estimate of drug-likeness (QED) is 0.702. The Morgan fingerprint density at radius 3 is 2.25 bits per heavy atom. The number of aromatic nitrogens is 2. The van der Waals surface area contributed by atoms with Gasteiger partial charge in [0.25, 0.3) is 0 Å². The Bertz CT molecular complexity index is 902. The first-order valence-corrected chi connectivity index (χ1v) is 7.28. The van der Waals surface area contributed by atoms with Gasteiger partial charge in [-0.25, -0.2) is 18.2 Å². The first kappa shape index (κ1) is 16.1. The van der Waals surface area contributed by atoms with Crippen molar-refractivity contribution in [3.63, 3.8) is 0 Å². The fraction of sp³-hybridized carbons (Fsp3) is 0.167. The number of hydrogen-bond acceptors (Lipinski definition) is 2. The molecule has 2 aromatic carbocycles. The largest absolute Gasteiger partial charge is 0.494 e. The van der Waals surface area contributed by atoms with Crippen molar-refractivity contribution in [2.75, 3.05) is 7.11 Å². The molecule has 0 radical (unpaired) electrons. The van der Waals surface area contributed by atoms with E-state index < -0.39 is 17.5 Å². The van der Waals surface area contributed by atoms with Crippen LogP contribution in [0.1, 0.15) is 11.5 Å². The summed E-state index contributed by atoms with van der Waals surface area (Å²) in [5.74, 6) is -1.44. The Balaban J connectivity index is 2.33. The fourth-order valence-corrected chi connectivity index (χ4v) is 2.78. The van der Waals surface area contributed by atoms with Crippen molar-refractivity contribution in [2.45, 2.75) is 13.8 Å². The third-order valence-corrected chi connectivity index (χ3v) is 3.82. The molecule has 0 unspecified atom stereocenters. The third-order valence-electron chi connectivity index (χ3n) is 3.82. The van der Waals surface area contributed by atoms with Crippen LogP contribution in [0, 0.1) is 31.3 Å². The molecule has 0 spiro atoms. The van der Waals surface area contributed by atoms with Crippen LogP contribution >= 0.6 is 0 Å². The number of imidazole rings is 1. The molecule has 0 saturated heterocycles. The molecule has 3 aromatic rings. The maximum Gasteiger partial charge on any atom is 0.177 e. The Kier molecular flexibility index (Phi) is 4.05. The summed E-state index contributed by atoms with van der Waals surface area (Å²) in [6.07, 6.45) is 0. The second-order valence-corrected chi connectivity index (χ2v) is 5.34. The van der Waals surface area contributed by atoms with Gasteiger partial charge in [0.1, 0.15) is 17.5 Å². The first-order valence-electron chi connectivity index (χ1n) is 7.28. The van der Waals surface area contributed by atoms with Crippen LogP contribution in [-0.2, 0) is 0 Å². The number of nitrogens with zero attached hydrogens (tertiary/aromatic N) is 2. The van der Waals surface area contributed by atoms with Gasteiger partial charge < -0.3 is 4.74 Å². The Hall–Kier alpha value is -2.76. The maximum absolute atomic E-state index is 14.7. The highest BCUT2D eigenvalue weighted by atomic mass is 19.1. The topological polar surface area (TPSA) is 27.1 Å². The van der Waals surface area contributed by atoms with Gasteiger partial charge in [0, 0.05) is 5.69 Å². The van der Waals surface area contributed by atoms with E-state index in [1.807, 2.05) is 0 Å². The zero-order valence-electron chi connectivity index (χ0n) is 13.4. The van der Waals surface area contributed by atoms with Crippen LogP contribution in [-0.4, -0.2) is 16.7 Å². The molecular weight excluding hydrogens is 317 g/mol. The monoisotopic (exact) mass is 332 g/mol. The molecule has 1 heterocycles. The number of benzene rings is 2. The smallest absolute Gasteiger partial charge is 0.177 e. The standard InChI is InChI=1S/C18H15F3N2O/c1-10-18(16-14(20)8-9-15(24-3)17(16)21)23(11(2)22-10)13-6-4-12(19)5-7-13/h4-9H,1-3H3. The lowest BCUT2D eigenvalue weighted by atomic mass is 10.1. The third kappa shape index (κ3) is 2.54. The summed E-state index contributed by atoms with van der Waals surface area (Å²) in [6.45, 7) is 3.39. The van der Waals surface area contributed by atoms with Gasteiger partial charge in [-0.1, -0.05) is 0 Å². The molecule has 0 aliphatic carbocycles. The highest BCUT2D eigenvalue weighted by molar-refractivity contribution is 5.69. The van der Waals surface area contributed by atoms with Gasteiger partial charge in [0.05, 0.1) is 24.1 Å². The Labute approximate surface area is 137 Å². The van der Waals surface area contributed by atoms with Crippen LogP contribution in [0.3, 0.4) is 0 Å². The lowest BCUT2D eigenvalue weighted by Crippen LogP contribution is -2.04. The van der Waals surface area contributed by atoms with Gasteiger partial charge in [-0.3, -0.25) is 4.57 Å². The van der Waals surface area contributed by atoms with Crippen LogP contribution in [0.15, 0.2) is 36.4 Å². The van der Waals surface area contributed by atoms with Gasteiger partial charge in [-0.15, -0.1) is 0 Å². The minimum absolute atomic E-state index is 0.0599. The molecule has 0 aliphatic rings. The first-order chi connectivity index (χ1) is 11.4. The molecule has 24 heavy (non-hydrogen) atoms. The van der Waals surface area contributed by atoms with E-state index >= 15 is 0 Å². The van der Waals surface area contributed by atoms with Crippen LogP contribution in [0.2, 0.25) is 0 Å². The summed E-state index contributed by atoms with van der Waals surface area (Å²) >= 11 is 0. The average molecular weight is 332 g/mol. The lowest BCUT2D eigenvalue weighted by molar-refractivity contribution is 0.385. The van der Waals surface area contributed by atoms with Crippen LogP contribution in [0.4, 0.5) is 13.2 Å². The van der Waals surface area contributed by atoms with E-state index in [0.717, 1.165) is 6.07 Å². The van der Waals surface area contributed by atoms with E-state index in [4.69, 9.17) is 4.74 Å². The number of rotatable bonds is 3. The van der Waals surface area contributed by atoms with Crippen LogP contribution in [0.25, 0.3) is 16.9 Å². The van der Waals surface area contributed by atoms with E-state index in [0.29, 0.717) is 17.2 Å². The molecule has 0 atom stereocenters. The SMILES string of the molecule is COc1ccc(F)c(-c2c(C)nc(C)n2-c2ccc(F)cc2)c1F. The predicted octanol–water partition coefficient (Wildman–Crippen LogP) is 4.58. The van der Waals surface area contributed by atoms with Crippen molar-refractivity contribution in [3.05, 3.63) is 65.4 Å². The number of halogens is 3. The minimum atomic E-state index is -0.802. The molecule has 124 valence electrons. The average Bonchev–Trinajstić information content (AvgIpc) is 2.83. The zero-order valence-corrected chi connectivity index (χ0v) is 13.4. The highest BCUT2D eigenvalue weighted by Gasteiger charge is 2.24. The minimum Gasteiger partial charge on any atom is -0.494 e. The van der Waals surface area contributed by atoms with Gasteiger partial charge in [0.15, 0.2) is 11.6 Å². The molecule has 3 rings (SSSR count). The van der Waals surface area contributed by atoms with Gasteiger partial charge in [0.2, 0.25) is 0 Å². The summed E-state index contributed by atoms with van der Waals surface area (Å²) in [5, 5.41) is 0. The molecule has 0 bridgehead atoms. The van der Waals surface area contributed by atoms with E-state index in [-0.39, 0.29) is 17.0 Å². The normalized spacial score (nSPS) is 10.9. The molecule has 0 fully saturated rings. The number of ether oxygens (including phenoxy) is 1. The van der Waals surface area contributed by atoms with Crippen molar-refractivity contribution in [1.82, 2.24) is 9.55 Å². The van der Waals surface area contributed by atoms with Crippen molar-refractivity contribution >= 4 is 0 Å². The fourth-order valence-electron chi connectivity index (χ4n) is 2.78. The number of methoxy groups -OCH3 is 1. The summed E-state index contributed by atoms with van der Waals surface area (Å²) in [4.78, 5) is 4.32. The zero-order chi connectivity index (χ0) is 17.4. The van der Waals surface area contributed by atoms with Crippen LogP contribution in [0.5, 0.6) is 5.75 Å². The molecule has 6 heteroatoms. The molecule has 0 saturated carbocycles. The summed E-state index contributed by atoms with van der Waals surface area (Å²) in [6, 6.07) is 8.01. The van der Waals surface area contributed by atoms with Crippen LogP contribution < -0.4 is 4.74 Å². The summed E-state index contributed by atoms with van der Waals surface area (Å²) in [5.41, 5.74) is 1.07. The number of aryl methyl sites for hydroxylation is 2. The second-order valence-electron chi connectivity index (χ2n) is 5.34. The van der Waals surface area contributed by atoms with Crippen molar-refractivity contribution in [1.29, 1.82) is 0 Å². The van der Waals surface area contributed by atoms with E-state index in [1.54, 1.807) is 18.4 Å². The maximum atomic E-state index is 14.7. The highest BCUT2D eigenvalue weighted by Crippen LogP contribution is 2.35. The molecule has 0 N–H and O–H groups in total. The lowest BCUT2D eigenvalue weighted by Gasteiger charge is -2.14. The van der Waals surface area contributed by atoms with Gasteiger partial charge in [-0.2, -0.15) is 0 Å². The van der Waals surface area contributed by atoms with Crippen molar-refractivity contribution in [3.8, 4) is 22.7 Å². The van der Waals surface area contributed by atoms with E-state index in [2.05, 4.69) is 4.98 Å². The van der Waals surface area contributed by atoms with E-state index in [9.17, 15) is 13.2 Å². The summed E-state index contributed by atoms with van der Waals surface area (Å²) < 4.78 is 48.8. The Morgan fingerprint density at radius 1 is 0.958 bits per heavy atom. The van der Waals surface area contributed by atoms with Gasteiger partial charge in [-0.05, 0) is 50.2 Å². The van der Waals surface area contributed by atoms with Crippen molar-refractivity contribution in [2.24, 2.45) is 0 Å². The second kappa shape index (κ2) is 6.03. The number of hydrogen-bond donors (Lipinski definition) is 0. The van der Waals surface area contributed by atoms with Crippen molar-refractivity contribution < 1.29 is 17.9 Å². The van der Waals surface area contributed by atoms with E-state index in [1.165, 1.54) is 37.4 Å². The predicted molar refractivity (Wildman–Crippen MR) is 84.9 cm³/mol. The summed E-state index contributed by atoms with van der Waals surface area (Å²) in [7, 11) is 1.31. The molecule has 3 nitrogen and oxygen atoms in total. The Morgan fingerprint density at radius 2 is 1.62 bits per heavy atom.